The van der Waals surface area contributed by atoms with Crippen LogP contribution in [0, 0.1) is 10.1 Å². The highest BCUT2D eigenvalue weighted by Crippen LogP contribution is 2.43. The number of amides is 1. The number of aromatic nitrogens is 2. The summed E-state index contributed by atoms with van der Waals surface area (Å²) in [5, 5.41) is 18.3. The number of nitro groups is 1. The molecule has 160 valence electrons. The maximum atomic E-state index is 13.2. The Morgan fingerprint density at radius 2 is 1.87 bits per heavy atom. The predicted molar refractivity (Wildman–Crippen MR) is 116 cm³/mol. The number of carbonyl (C=O) groups excluding carboxylic acids is 1. The van der Waals surface area contributed by atoms with E-state index in [1.54, 1.807) is 19.2 Å². The molecule has 1 atom stereocenters. The summed E-state index contributed by atoms with van der Waals surface area (Å²) in [4.78, 5) is 25.6. The van der Waals surface area contributed by atoms with Gasteiger partial charge in [-0.15, -0.1) is 0 Å². The summed E-state index contributed by atoms with van der Waals surface area (Å²) in [6.45, 7) is 3.22. The molecule has 1 N–H and O–H groups in total. The molecular formula is C23H24N4O4. The van der Waals surface area contributed by atoms with Gasteiger partial charge in [-0.2, -0.15) is 5.10 Å². The van der Waals surface area contributed by atoms with Crippen molar-refractivity contribution >= 4 is 11.6 Å². The third-order valence-electron chi connectivity index (χ3n) is 5.67. The minimum absolute atomic E-state index is 0.0138. The molecule has 1 aliphatic rings. The first-order valence-corrected chi connectivity index (χ1v) is 10.3. The number of nitrogens with zero attached hydrogens (tertiary/aromatic N) is 3. The lowest BCUT2D eigenvalue weighted by Gasteiger charge is -2.26. The van der Waals surface area contributed by atoms with E-state index in [0.717, 1.165) is 29.5 Å². The Labute approximate surface area is 180 Å². The highest BCUT2D eigenvalue weighted by Gasteiger charge is 2.41. The second kappa shape index (κ2) is 8.69. The molecule has 0 saturated heterocycles. The number of benzene rings is 2. The van der Waals surface area contributed by atoms with Gasteiger partial charge in [0.2, 0.25) is 0 Å². The molecule has 0 aliphatic carbocycles. The smallest absolute Gasteiger partial charge is 0.273 e. The van der Waals surface area contributed by atoms with Gasteiger partial charge in [-0.3, -0.25) is 20.0 Å². The van der Waals surface area contributed by atoms with E-state index < -0.39 is 4.92 Å². The van der Waals surface area contributed by atoms with Gasteiger partial charge in [0.25, 0.3) is 11.6 Å². The van der Waals surface area contributed by atoms with E-state index in [2.05, 4.69) is 41.4 Å². The van der Waals surface area contributed by atoms with Crippen LogP contribution in [0.25, 0.3) is 11.3 Å². The summed E-state index contributed by atoms with van der Waals surface area (Å²) in [5.74, 6) is -0.101. The van der Waals surface area contributed by atoms with E-state index in [9.17, 15) is 14.9 Å². The van der Waals surface area contributed by atoms with Gasteiger partial charge in [0, 0.05) is 43.5 Å². The van der Waals surface area contributed by atoms with Crippen LogP contribution in [0.4, 0.5) is 5.69 Å². The Bertz CT molecular complexity index is 1090. The van der Waals surface area contributed by atoms with Crippen molar-refractivity contribution in [3.63, 3.8) is 0 Å². The number of fused-ring (bicyclic) bond motifs is 1. The molecule has 0 spiro atoms. The molecule has 0 bridgehead atoms. The molecule has 0 saturated carbocycles. The van der Waals surface area contributed by atoms with Gasteiger partial charge in [-0.1, -0.05) is 31.2 Å². The van der Waals surface area contributed by atoms with Crippen LogP contribution in [0.1, 0.15) is 46.6 Å². The van der Waals surface area contributed by atoms with Crippen molar-refractivity contribution < 1.29 is 14.5 Å². The highest BCUT2D eigenvalue weighted by molar-refractivity contribution is 6.00. The molecule has 1 amide bonds. The van der Waals surface area contributed by atoms with Crippen LogP contribution >= 0.6 is 0 Å². The van der Waals surface area contributed by atoms with Crippen LogP contribution < -0.4 is 0 Å². The Hall–Kier alpha value is -3.52. The quantitative estimate of drug-likeness (QED) is 0.335. The molecular weight excluding hydrogens is 396 g/mol. The van der Waals surface area contributed by atoms with Crippen molar-refractivity contribution in [2.45, 2.75) is 25.8 Å². The molecule has 3 aromatic rings. The summed E-state index contributed by atoms with van der Waals surface area (Å²) < 4.78 is 5.18. The Morgan fingerprint density at radius 3 is 2.48 bits per heavy atom. The number of hydrogen-bond donors (Lipinski definition) is 1. The van der Waals surface area contributed by atoms with Crippen molar-refractivity contribution in [1.29, 1.82) is 0 Å². The minimum Gasteiger partial charge on any atom is -0.385 e. The number of carbonyl (C=O) groups is 1. The number of aryl methyl sites for hydroxylation is 1. The number of hydrogen-bond acceptors (Lipinski definition) is 5. The van der Waals surface area contributed by atoms with Crippen molar-refractivity contribution in [2.75, 3.05) is 20.3 Å². The second-order valence-corrected chi connectivity index (χ2v) is 7.51. The van der Waals surface area contributed by atoms with Crippen LogP contribution in [-0.4, -0.2) is 46.2 Å². The highest BCUT2D eigenvalue weighted by atomic mass is 16.6. The van der Waals surface area contributed by atoms with Gasteiger partial charge in [-0.25, -0.2) is 0 Å². The van der Waals surface area contributed by atoms with Gasteiger partial charge in [0.15, 0.2) is 0 Å². The number of non-ortho nitro benzene ring substituents is 1. The van der Waals surface area contributed by atoms with Crippen LogP contribution in [0.2, 0.25) is 0 Å². The van der Waals surface area contributed by atoms with E-state index in [4.69, 9.17) is 4.74 Å². The summed E-state index contributed by atoms with van der Waals surface area (Å²) >= 11 is 0. The first kappa shape index (κ1) is 20.7. The third-order valence-corrected chi connectivity index (χ3v) is 5.67. The number of ether oxygens (including phenoxy) is 1. The minimum atomic E-state index is -0.433. The van der Waals surface area contributed by atoms with E-state index in [1.807, 2.05) is 4.90 Å². The number of nitrogens with one attached hydrogen (secondary N) is 1. The van der Waals surface area contributed by atoms with Gasteiger partial charge in [-0.05, 0) is 36.1 Å². The number of methoxy groups -OCH3 is 1. The molecule has 8 heteroatoms. The topological polar surface area (TPSA) is 101 Å². The van der Waals surface area contributed by atoms with E-state index in [-0.39, 0.29) is 17.6 Å². The Balaban J connectivity index is 1.78. The standard InChI is InChI=1S/C23H24N4O4/c1-3-15-5-7-17(8-6-15)22-19-20(16-9-11-18(12-10-16)27(29)30)24-25-21(19)23(28)26(22)13-4-14-31-2/h5-12,22H,3-4,13-14H2,1-2H3,(H,24,25). The zero-order chi connectivity index (χ0) is 22.0. The fourth-order valence-corrected chi connectivity index (χ4v) is 4.05. The SMILES string of the molecule is CCc1ccc(C2c3c(-c4ccc([N+](=O)[O-])cc4)n[nH]c3C(=O)N2CCCOC)cc1. The molecule has 1 aromatic heterocycles. The summed E-state index contributed by atoms with van der Waals surface area (Å²) in [6.07, 6.45) is 1.66. The van der Waals surface area contributed by atoms with E-state index >= 15 is 0 Å². The fraction of sp³-hybridized carbons (Fsp3) is 0.304. The zero-order valence-corrected chi connectivity index (χ0v) is 17.5. The number of nitro benzene ring substituents is 1. The van der Waals surface area contributed by atoms with E-state index in [1.165, 1.54) is 17.7 Å². The van der Waals surface area contributed by atoms with Crippen molar-refractivity contribution in [1.82, 2.24) is 15.1 Å². The maximum Gasteiger partial charge on any atom is 0.273 e. The average Bonchev–Trinajstić information content (AvgIpc) is 3.33. The predicted octanol–water partition coefficient (Wildman–Crippen LogP) is 4.13. The molecule has 1 aliphatic heterocycles. The van der Waals surface area contributed by atoms with Crippen LogP contribution in [0.3, 0.4) is 0 Å². The zero-order valence-electron chi connectivity index (χ0n) is 17.5. The summed E-state index contributed by atoms with van der Waals surface area (Å²) in [7, 11) is 1.64. The second-order valence-electron chi connectivity index (χ2n) is 7.51. The largest absolute Gasteiger partial charge is 0.385 e. The normalized spacial score (nSPS) is 15.4. The molecule has 31 heavy (non-hydrogen) atoms. The van der Waals surface area contributed by atoms with Crippen LogP contribution in [0.15, 0.2) is 48.5 Å². The molecule has 8 nitrogen and oxygen atoms in total. The molecule has 4 rings (SSSR count). The summed E-state index contributed by atoms with van der Waals surface area (Å²) in [5.41, 5.74) is 4.88. The molecule has 0 fully saturated rings. The van der Waals surface area contributed by atoms with Crippen molar-refractivity contribution in [3.8, 4) is 11.3 Å². The average molecular weight is 420 g/mol. The van der Waals surface area contributed by atoms with Gasteiger partial charge < -0.3 is 9.64 Å². The number of rotatable bonds is 8. The van der Waals surface area contributed by atoms with Crippen LogP contribution in [0.5, 0.6) is 0 Å². The van der Waals surface area contributed by atoms with Gasteiger partial charge in [0.1, 0.15) is 5.69 Å². The first-order chi connectivity index (χ1) is 15.0. The monoisotopic (exact) mass is 420 g/mol. The molecule has 0 radical (unpaired) electrons. The van der Waals surface area contributed by atoms with E-state index in [0.29, 0.717) is 24.5 Å². The van der Waals surface area contributed by atoms with Crippen LogP contribution in [-0.2, 0) is 11.2 Å². The lowest BCUT2D eigenvalue weighted by molar-refractivity contribution is -0.384. The van der Waals surface area contributed by atoms with Gasteiger partial charge >= 0.3 is 0 Å². The van der Waals surface area contributed by atoms with Crippen molar-refractivity contribution in [3.05, 3.63) is 81.0 Å². The third kappa shape index (κ3) is 3.82. The summed E-state index contributed by atoms with van der Waals surface area (Å²) in [6, 6.07) is 14.2. The fourth-order valence-electron chi connectivity index (χ4n) is 4.05. The first-order valence-electron chi connectivity index (χ1n) is 10.3. The molecule has 2 aromatic carbocycles. The molecule has 1 unspecified atom stereocenters. The Kier molecular flexibility index (Phi) is 5.81. The lowest BCUT2D eigenvalue weighted by Crippen LogP contribution is -2.31. The maximum absolute atomic E-state index is 13.2. The Morgan fingerprint density at radius 1 is 1.16 bits per heavy atom. The number of aromatic amines is 1. The number of H-pyrrole nitrogens is 1. The van der Waals surface area contributed by atoms with Crippen molar-refractivity contribution in [2.24, 2.45) is 0 Å². The molecule has 2 heterocycles. The van der Waals surface area contributed by atoms with Gasteiger partial charge in [0.05, 0.1) is 16.7 Å². The lowest BCUT2D eigenvalue weighted by atomic mass is 9.95.